The van der Waals surface area contributed by atoms with Crippen molar-refractivity contribution in [3.05, 3.63) is 79.0 Å². The molecular formula is C17H11Cl2N7O2S. The summed E-state index contributed by atoms with van der Waals surface area (Å²) >= 11 is 17.8. The highest BCUT2D eigenvalue weighted by Gasteiger charge is 2.14. The molecule has 4 rings (SSSR count). The number of hydrogen-bond acceptors (Lipinski definition) is 6. The summed E-state index contributed by atoms with van der Waals surface area (Å²) in [5.74, 6) is 0.338. The Balaban J connectivity index is 1.60. The Labute approximate surface area is 178 Å². The first-order chi connectivity index (χ1) is 13.9. The standard InChI is InChI=1S/C17H11Cl2N7O2S/c18-11-3-6-14(19)15(7-11)25-17(29)13(8-20-25)16-21-23-24(22-16)9-10-1-4-12(5-2-10)26(27)28/h1-8,20H,9H2. The van der Waals surface area contributed by atoms with Crippen molar-refractivity contribution in [1.29, 1.82) is 0 Å². The highest BCUT2D eigenvalue weighted by molar-refractivity contribution is 7.71. The number of nitro benzene ring substituents is 1. The Morgan fingerprint density at radius 3 is 2.66 bits per heavy atom. The SMILES string of the molecule is O=[N+]([O-])c1ccc(Cn2nnc(-c3c[nH]n(-c4cc(Cl)ccc4Cl)c3=S)n2)cc1. The molecule has 2 aromatic carbocycles. The van der Waals surface area contributed by atoms with Gasteiger partial charge in [0.1, 0.15) is 4.64 Å². The Morgan fingerprint density at radius 2 is 1.93 bits per heavy atom. The monoisotopic (exact) mass is 447 g/mol. The lowest BCUT2D eigenvalue weighted by atomic mass is 10.2. The zero-order valence-corrected chi connectivity index (χ0v) is 16.8. The lowest BCUT2D eigenvalue weighted by Gasteiger charge is -2.05. The number of tetrazole rings is 1. The number of halogens is 2. The van der Waals surface area contributed by atoms with Gasteiger partial charge in [-0.1, -0.05) is 47.6 Å². The molecule has 1 N–H and O–H groups in total. The summed E-state index contributed by atoms with van der Waals surface area (Å²) in [5.41, 5.74) is 2.00. The highest BCUT2D eigenvalue weighted by atomic mass is 35.5. The van der Waals surface area contributed by atoms with Crippen LogP contribution in [-0.2, 0) is 6.54 Å². The van der Waals surface area contributed by atoms with E-state index in [0.29, 0.717) is 38.3 Å². The van der Waals surface area contributed by atoms with E-state index >= 15 is 0 Å². The fourth-order valence-corrected chi connectivity index (χ4v) is 3.34. The maximum absolute atomic E-state index is 10.7. The molecule has 0 aliphatic heterocycles. The van der Waals surface area contributed by atoms with Crippen LogP contribution < -0.4 is 0 Å². The Morgan fingerprint density at radius 1 is 1.17 bits per heavy atom. The van der Waals surface area contributed by atoms with Crippen LogP contribution in [0, 0.1) is 14.8 Å². The second kappa shape index (κ2) is 7.74. The summed E-state index contributed by atoms with van der Waals surface area (Å²) in [6.45, 7) is 0.308. The molecule has 0 amide bonds. The molecule has 0 aliphatic rings. The van der Waals surface area contributed by atoms with Crippen LogP contribution >= 0.6 is 35.4 Å². The third-order valence-corrected chi connectivity index (χ3v) is 5.04. The van der Waals surface area contributed by atoms with Crippen molar-refractivity contribution in [2.24, 2.45) is 0 Å². The Bertz CT molecular complexity index is 1260. The van der Waals surface area contributed by atoms with E-state index in [4.69, 9.17) is 35.4 Å². The molecule has 0 bridgehead atoms. The number of rotatable bonds is 5. The maximum atomic E-state index is 10.7. The molecule has 2 heterocycles. The van der Waals surface area contributed by atoms with Gasteiger partial charge in [-0.05, 0) is 29.0 Å². The number of aromatic amines is 1. The average molecular weight is 448 g/mol. The fourth-order valence-electron chi connectivity index (χ4n) is 2.67. The van der Waals surface area contributed by atoms with Crippen LogP contribution in [0.25, 0.3) is 17.1 Å². The Kier molecular flexibility index (Phi) is 5.14. The number of nitrogens with one attached hydrogen (secondary N) is 1. The van der Waals surface area contributed by atoms with E-state index in [1.54, 1.807) is 41.2 Å². The number of H-pyrrole nitrogens is 1. The molecule has 12 heteroatoms. The van der Waals surface area contributed by atoms with Crippen molar-refractivity contribution in [2.45, 2.75) is 6.54 Å². The normalized spacial score (nSPS) is 11.0. The minimum Gasteiger partial charge on any atom is -0.299 e. The second-order valence-electron chi connectivity index (χ2n) is 5.99. The zero-order valence-electron chi connectivity index (χ0n) is 14.5. The van der Waals surface area contributed by atoms with Gasteiger partial charge in [0.25, 0.3) is 5.69 Å². The van der Waals surface area contributed by atoms with Gasteiger partial charge in [0.15, 0.2) is 0 Å². The second-order valence-corrected chi connectivity index (χ2v) is 7.22. The predicted molar refractivity (Wildman–Crippen MR) is 110 cm³/mol. The van der Waals surface area contributed by atoms with Crippen molar-refractivity contribution in [3.8, 4) is 17.1 Å². The Hall–Kier alpha value is -3.08. The third kappa shape index (κ3) is 3.90. The molecular weight excluding hydrogens is 437 g/mol. The maximum Gasteiger partial charge on any atom is 0.269 e. The van der Waals surface area contributed by atoms with Gasteiger partial charge in [0.05, 0.1) is 27.7 Å². The summed E-state index contributed by atoms with van der Waals surface area (Å²) < 4.78 is 2.03. The zero-order chi connectivity index (χ0) is 20.5. The first kappa shape index (κ1) is 19.2. The molecule has 0 saturated carbocycles. The van der Waals surface area contributed by atoms with Crippen molar-refractivity contribution < 1.29 is 4.92 Å². The minimum absolute atomic E-state index is 0.0216. The van der Waals surface area contributed by atoms with Crippen molar-refractivity contribution in [2.75, 3.05) is 0 Å². The molecule has 2 aromatic heterocycles. The van der Waals surface area contributed by atoms with Crippen LogP contribution in [0.1, 0.15) is 5.56 Å². The van der Waals surface area contributed by atoms with Gasteiger partial charge in [-0.15, -0.1) is 10.2 Å². The number of benzene rings is 2. The molecule has 0 atom stereocenters. The van der Waals surface area contributed by atoms with Gasteiger partial charge in [-0.3, -0.25) is 15.2 Å². The highest BCUT2D eigenvalue weighted by Crippen LogP contribution is 2.26. The van der Waals surface area contributed by atoms with Crippen molar-refractivity contribution in [3.63, 3.8) is 0 Å². The van der Waals surface area contributed by atoms with Gasteiger partial charge in [0.2, 0.25) is 5.82 Å². The van der Waals surface area contributed by atoms with E-state index in [0.717, 1.165) is 5.56 Å². The van der Waals surface area contributed by atoms with E-state index in [-0.39, 0.29) is 5.69 Å². The van der Waals surface area contributed by atoms with E-state index in [9.17, 15) is 10.1 Å². The first-order valence-corrected chi connectivity index (χ1v) is 9.36. The first-order valence-electron chi connectivity index (χ1n) is 8.20. The smallest absolute Gasteiger partial charge is 0.269 e. The molecule has 4 aromatic rings. The van der Waals surface area contributed by atoms with E-state index in [1.165, 1.54) is 16.9 Å². The molecule has 9 nitrogen and oxygen atoms in total. The van der Waals surface area contributed by atoms with Crippen LogP contribution in [0.4, 0.5) is 5.69 Å². The lowest BCUT2D eigenvalue weighted by molar-refractivity contribution is -0.384. The summed E-state index contributed by atoms with van der Waals surface area (Å²) in [4.78, 5) is 11.7. The topological polar surface area (TPSA) is 107 Å². The molecule has 0 saturated heterocycles. The molecule has 0 spiro atoms. The largest absolute Gasteiger partial charge is 0.299 e. The number of aromatic nitrogens is 6. The lowest BCUT2D eigenvalue weighted by Crippen LogP contribution is -2.04. The van der Waals surface area contributed by atoms with E-state index in [2.05, 4.69) is 20.5 Å². The minimum atomic E-state index is -0.450. The summed E-state index contributed by atoms with van der Waals surface area (Å²) in [6, 6.07) is 11.2. The number of nitrogens with zero attached hydrogens (tertiary/aromatic N) is 6. The van der Waals surface area contributed by atoms with Crippen LogP contribution in [0.5, 0.6) is 0 Å². The third-order valence-electron chi connectivity index (χ3n) is 4.09. The van der Waals surface area contributed by atoms with Gasteiger partial charge in [-0.25, -0.2) is 4.68 Å². The van der Waals surface area contributed by atoms with Crippen molar-refractivity contribution in [1.82, 2.24) is 30.0 Å². The molecule has 0 radical (unpaired) electrons. The van der Waals surface area contributed by atoms with Gasteiger partial charge < -0.3 is 0 Å². The van der Waals surface area contributed by atoms with Gasteiger partial charge in [0, 0.05) is 23.4 Å². The van der Waals surface area contributed by atoms with Crippen LogP contribution in [0.3, 0.4) is 0 Å². The quantitative estimate of drug-likeness (QED) is 0.275. The van der Waals surface area contributed by atoms with E-state index in [1.807, 2.05) is 0 Å². The summed E-state index contributed by atoms with van der Waals surface area (Å²) in [6.07, 6.45) is 1.66. The number of hydrogen-bond donors (Lipinski definition) is 1. The summed E-state index contributed by atoms with van der Waals surface area (Å²) in [5, 5.41) is 27.2. The van der Waals surface area contributed by atoms with E-state index < -0.39 is 4.92 Å². The molecule has 29 heavy (non-hydrogen) atoms. The van der Waals surface area contributed by atoms with Crippen LogP contribution in [0.2, 0.25) is 10.0 Å². The predicted octanol–water partition coefficient (Wildman–Crippen LogP) is 4.45. The molecule has 0 aliphatic carbocycles. The average Bonchev–Trinajstić information content (AvgIpc) is 3.30. The van der Waals surface area contributed by atoms with Crippen LogP contribution in [-0.4, -0.2) is 34.9 Å². The van der Waals surface area contributed by atoms with Crippen LogP contribution in [0.15, 0.2) is 48.7 Å². The van der Waals surface area contributed by atoms with Gasteiger partial charge >= 0.3 is 0 Å². The van der Waals surface area contributed by atoms with Crippen molar-refractivity contribution >= 4 is 41.1 Å². The molecule has 0 fully saturated rings. The number of non-ortho nitro benzene ring substituents is 1. The summed E-state index contributed by atoms with van der Waals surface area (Å²) in [7, 11) is 0. The fraction of sp³-hybridized carbons (Fsp3) is 0.0588. The number of nitro groups is 1. The van der Waals surface area contributed by atoms with Gasteiger partial charge in [-0.2, -0.15) is 4.80 Å². The molecule has 0 unspecified atom stereocenters. The molecule has 146 valence electrons.